The van der Waals surface area contributed by atoms with Crippen LogP contribution in [0, 0.1) is 0 Å². The van der Waals surface area contributed by atoms with Crippen LogP contribution in [0.3, 0.4) is 0 Å². The molecule has 0 unspecified atom stereocenters. The van der Waals surface area contributed by atoms with E-state index < -0.39 is 5.97 Å². The lowest BCUT2D eigenvalue weighted by Crippen LogP contribution is -2.40. The van der Waals surface area contributed by atoms with E-state index in [9.17, 15) is 14.4 Å². The van der Waals surface area contributed by atoms with Gasteiger partial charge in [-0.3, -0.25) is 19.3 Å². The molecular formula is C10H17NO4. The molecule has 0 rings (SSSR count). The zero-order chi connectivity index (χ0) is 12.0. The van der Waals surface area contributed by atoms with E-state index in [2.05, 4.69) is 4.74 Å². The maximum atomic E-state index is 11.5. The van der Waals surface area contributed by atoms with Gasteiger partial charge in [-0.15, -0.1) is 0 Å². The van der Waals surface area contributed by atoms with Crippen molar-refractivity contribution in [2.45, 2.75) is 39.7 Å². The number of hydrogen-bond donors (Lipinski definition) is 0. The summed E-state index contributed by atoms with van der Waals surface area (Å²) in [5, 5.41) is 0. The molecule has 0 aliphatic rings. The highest BCUT2D eigenvalue weighted by Gasteiger charge is 2.21. The molecule has 0 spiro atoms. The quantitative estimate of drug-likeness (QED) is 0.648. The van der Waals surface area contributed by atoms with E-state index in [0.29, 0.717) is 0 Å². The molecule has 0 aliphatic carbocycles. The van der Waals surface area contributed by atoms with Crippen LogP contribution in [0.4, 0.5) is 0 Å². The van der Waals surface area contributed by atoms with Crippen molar-refractivity contribution in [3.05, 3.63) is 0 Å². The summed E-state index contributed by atoms with van der Waals surface area (Å²) in [6, 6.07) is -0.187. The van der Waals surface area contributed by atoms with Gasteiger partial charge in [0.15, 0.2) is 0 Å². The van der Waals surface area contributed by atoms with Crippen molar-refractivity contribution in [3.63, 3.8) is 0 Å². The number of esters is 1. The normalized spacial score (nSPS) is 9.93. The van der Waals surface area contributed by atoms with Gasteiger partial charge in [0.05, 0.1) is 13.5 Å². The van der Waals surface area contributed by atoms with Gasteiger partial charge in [0.1, 0.15) is 0 Å². The van der Waals surface area contributed by atoms with Crippen LogP contribution in [0.25, 0.3) is 0 Å². The Hall–Kier alpha value is -1.39. The fraction of sp³-hybridized carbons (Fsp3) is 0.700. The Bertz CT molecular complexity index is 260. The van der Waals surface area contributed by atoms with E-state index in [1.54, 1.807) is 13.8 Å². The van der Waals surface area contributed by atoms with Crippen LogP contribution < -0.4 is 0 Å². The lowest BCUT2D eigenvalue weighted by molar-refractivity contribution is -0.149. The minimum absolute atomic E-state index is 0.00440. The number of imide groups is 1. The standard InChI is InChI=1S/C10H17NO4/c1-7(2)11(8(3)12)9(13)5-6-10(14)15-4/h7H,5-6H2,1-4H3. The van der Waals surface area contributed by atoms with Crippen molar-refractivity contribution in [3.8, 4) is 0 Å². The van der Waals surface area contributed by atoms with Crippen LogP contribution in [0.5, 0.6) is 0 Å². The number of rotatable bonds is 4. The SMILES string of the molecule is COC(=O)CCC(=O)N(C(C)=O)C(C)C. The predicted molar refractivity (Wildman–Crippen MR) is 53.9 cm³/mol. The first kappa shape index (κ1) is 13.6. The number of carbonyl (C=O) groups excluding carboxylic acids is 3. The van der Waals surface area contributed by atoms with Crippen molar-refractivity contribution in [1.29, 1.82) is 0 Å². The summed E-state index contributed by atoms with van der Waals surface area (Å²) in [6.07, 6.45) is 0.0102. The van der Waals surface area contributed by atoms with E-state index in [4.69, 9.17) is 0 Å². The summed E-state index contributed by atoms with van der Waals surface area (Å²) in [7, 11) is 1.26. The number of hydrogen-bond acceptors (Lipinski definition) is 4. The second-order valence-corrected chi connectivity index (χ2v) is 3.45. The molecule has 0 atom stereocenters. The molecule has 0 aliphatic heterocycles. The molecule has 5 nitrogen and oxygen atoms in total. The number of amides is 2. The third-order valence-electron chi connectivity index (χ3n) is 1.90. The minimum Gasteiger partial charge on any atom is -0.469 e. The molecule has 0 saturated carbocycles. The van der Waals surface area contributed by atoms with Gasteiger partial charge < -0.3 is 4.74 Å². The lowest BCUT2D eigenvalue weighted by atomic mass is 10.2. The van der Waals surface area contributed by atoms with Crippen molar-refractivity contribution >= 4 is 17.8 Å². The highest BCUT2D eigenvalue weighted by Crippen LogP contribution is 2.04. The Labute approximate surface area is 89.4 Å². The van der Waals surface area contributed by atoms with Gasteiger partial charge in [0.25, 0.3) is 0 Å². The van der Waals surface area contributed by atoms with E-state index in [-0.39, 0.29) is 30.7 Å². The molecule has 0 aromatic carbocycles. The Morgan fingerprint density at radius 2 is 1.73 bits per heavy atom. The van der Waals surface area contributed by atoms with Crippen LogP contribution in [-0.4, -0.2) is 35.8 Å². The van der Waals surface area contributed by atoms with Crippen molar-refractivity contribution in [2.75, 3.05) is 7.11 Å². The van der Waals surface area contributed by atoms with E-state index in [0.717, 1.165) is 4.90 Å². The summed E-state index contributed by atoms with van der Waals surface area (Å²) in [5.74, 6) is -1.10. The highest BCUT2D eigenvalue weighted by molar-refractivity contribution is 5.95. The third-order valence-corrected chi connectivity index (χ3v) is 1.90. The zero-order valence-electron chi connectivity index (χ0n) is 9.57. The van der Waals surface area contributed by atoms with Crippen molar-refractivity contribution in [2.24, 2.45) is 0 Å². The Morgan fingerprint density at radius 1 is 1.20 bits per heavy atom. The number of nitrogens with zero attached hydrogens (tertiary/aromatic N) is 1. The molecule has 0 N–H and O–H groups in total. The molecular weight excluding hydrogens is 198 g/mol. The predicted octanol–water partition coefficient (Wildman–Crippen LogP) is 0.723. The maximum Gasteiger partial charge on any atom is 0.306 e. The fourth-order valence-corrected chi connectivity index (χ4v) is 1.26. The average molecular weight is 215 g/mol. The first-order chi connectivity index (χ1) is 6.90. The van der Waals surface area contributed by atoms with Crippen LogP contribution in [0.2, 0.25) is 0 Å². The van der Waals surface area contributed by atoms with E-state index in [1.165, 1.54) is 14.0 Å². The second-order valence-electron chi connectivity index (χ2n) is 3.45. The fourth-order valence-electron chi connectivity index (χ4n) is 1.26. The third kappa shape index (κ3) is 4.58. The summed E-state index contributed by atoms with van der Waals surface area (Å²) in [5.41, 5.74) is 0. The summed E-state index contributed by atoms with van der Waals surface area (Å²) in [6.45, 7) is 4.82. The largest absolute Gasteiger partial charge is 0.469 e. The highest BCUT2D eigenvalue weighted by atomic mass is 16.5. The Kier molecular flexibility index (Phi) is 5.59. The maximum absolute atomic E-state index is 11.5. The van der Waals surface area contributed by atoms with Gasteiger partial charge in [0.2, 0.25) is 11.8 Å². The Morgan fingerprint density at radius 3 is 2.07 bits per heavy atom. The first-order valence-electron chi connectivity index (χ1n) is 4.79. The first-order valence-corrected chi connectivity index (χ1v) is 4.79. The van der Waals surface area contributed by atoms with E-state index in [1.807, 2.05) is 0 Å². The molecule has 0 radical (unpaired) electrons. The number of carbonyl (C=O) groups is 3. The monoisotopic (exact) mass is 215 g/mol. The van der Waals surface area contributed by atoms with Gasteiger partial charge in [-0.2, -0.15) is 0 Å². The lowest BCUT2D eigenvalue weighted by Gasteiger charge is -2.22. The molecule has 2 amide bonds. The van der Waals surface area contributed by atoms with Crippen LogP contribution in [-0.2, 0) is 19.1 Å². The van der Waals surface area contributed by atoms with Gasteiger partial charge in [-0.1, -0.05) is 0 Å². The number of ether oxygens (including phenoxy) is 1. The molecule has 5 heteroatoms. The summed E-state index contributed by atoms with van der Waals surface area (Å²) in [4.78, 5) is 34.6. The molecule has 0 saturated heterocycles. The van der Waals surface area contributed by atoms with Crippen LogP contribution in [0.1, 0.15) is 33.6 Å². The smallest absolute Gasteiger partial charge is 0.306 e. The topological polar surface area (TPSA) is 63.7 Å². The molecule has 0 bridgehead atoms. The van der Waals surface area contributed by atoms with Crippen molar-refractivity contribution in [1.82, 2.24) is 4.90 Å². The van der Waals surface area contributed by atoms with Crippen LogP contribution in [0.15, 0.2) is 0 Å². The molecule has 0 aromatic rings. The van der Waals surface area contributed by atoms with Crippen molar-refractivity contribution < 1.29 is 19.1 Å². The van der Waals surface area contributed by atoms with Crippen LogP contribution >= 0.6 is 0 Å². The van der Waals surface area contributed by atoms with E-state index >= 15 is 0 Å². The molecule has 15 heavy (non-hydrogen) atoms. The molecule has 0 aromatic heterocycles. The van der Waals surface area contributed by atoms with Gasteiger partial charge in [0, 0.05) is 19.4 Å². The van der Waals surface area contributed by atoms with Gasteiger partial charge in [-0.05, 0) is 13.8 Å². The molecule has 0 heterocycles. The summed E-state index contributed by atoms with van der Waals surface area (Å²) < 4.78 is 4.41. The van der Waals surface area contributed by atoms with Gasteiger partial charge >= 0.3 is 5.97 Å². The summed E-state index contributed by atoms with van der Waals surface area (Å²) >= 11 is 0. The molecule has 0 fully saturated rings. The van der Waals surface area contributed by atoms with Gasteiger partial charge in [-0.25, -0.2) is 0 Å². The average Bonchev–Trinajstić information content (AvgIpc) is 2.12. The second kappa shape index (κ2) is 6.16. The minimum atomic E-state index is -0.449. The number of methoxy groups -OCH3 is 1. The molecule has 86 valence electrons. The Balaban J connectivity index is 4.28. The zero-order valence-corrected chi connectivity index (χ0v) is 9.57.